The van der Waals surface area contributed by atoms with E-state index in [0.717, 1.165) is 23.4 Å². The summed E-state index contributed by atoms with van der Waals surface area (Å²) in [5.41, 5.74) is 6.60. The summed E-state index contributed by atoms with van der Waals surface area (Å²) in [5, 5.41) is 9.67. The predicted molar refractivity (Wildman–Crippen MR) is 113 cm³/mol. The number of H-pyrrole nitrogens is 2. The van der Waals surface area contributed by atoms with Crippen molar-refractivity contribution in [1.82, 2.24) is 15.0 Å². The number of fused-ring (bicyclic) bond motifs is 1. The van der Waals surface area contributed by atoms with Gasteiger partial charge in [0.05, 0.1) is 16.2 Å². The van der Waals surface area contributed by atoms with Crippen molar-refractivity contribution in [1.29, 1.82) is 0 Å². The van der Waals surface area contributed by atoms with Crippen LogP contribution in [0.25, 0.3) is 11.0 Å². The van der Waals surface area contributed by atoms with Crippen molar-refractivity contribution in [3.63, 3.8) is 0 Å². The van der Waals surface area contributed by atoms with Gasteiger partial charge < -0.3 is 20.6 Å². The summed E-state index contributed by atoms with van der Waals surface area (Å²) in [7, 11) is 0. The van der Waals surface area contributed by atoms with Crippen molar-refractivity contribution >= 4 is 46.4 Å². The predicted octanol–water partition coefficient (Wildman–Crippen LogP) is 2.32. The van der Waals surface area contributed by atoms with Crippen molar-refractivity contribution in [3.8, 4) is 0 Å². The number of aromatic nitrogens is 3. The van der Waals surface area contributed by atoms with Gasteiger partial charge in [-0.05, 0) is 43.9 Å². The summed E-state index contributed by atoms with van der Waals surface area (Å²) in [6, 6.07) is 5.35. The number of carbonyl (C=O) groups excluding carboxylic acids is 2. The van der Waals surface area contributed by atoms with Gasteiger partial charge in [0.2, 0.25) is 5.95 Å². The number of carbonyl (C=O) groups is 3. The van der Waals surface area contributed by atoms with Gasteiger partial charge in [-0.2, -0.15) is 4.98 Å². The maximum atomic E-state index is 12.4. The number of Topliss-reactive ketones (excluding diaryl/α,β-unsaturated/α-hetero) is 1. The second kappa shape index (κ2) is 9.49. The molecule has 0 aliphatic rings. The minimum Gasteiger partial charge on any atom is -0.481 e. The first-order valence-corrected chi connectivity index (χ1v) is 10.3. The van der Waals surface area contributed by atoms with Gasteiger partial charge in [-0.1, -0.05) is 0 Å². The van der Waals surface area contributed by atoms with Crippen molar-refractivity contribution in [2.45, 2.75) is 38.5 Å². The van der Waals surface area contributed by atoms with Gasteiger partial charge in [0.15, 0.2) is 5.78 Å². The third kappa shape index (κ3) is 5.20. The van der Waals surface area contributed by atoms with Crippen LogP contribution in [0.2, 0.25) is 0 Å². The van der Waals surface area contributed by atoms with Crippen LogP contribution in [0.1, 0.15) is 45.9 Å². The number of aliphatic carboxylic acids is 1. The molecule has 0 aliphatic heterocycles. The van der Waals surface area contributed by atoms with E-state index in [1.807, 2.05) is 6.07 Å². The van der Waals surface area contributed by atoms with E-state index < -0.39 is 11.9 Å². The molecule has 3 rings (SSSR count). The minimum atomic E-state index is -1.06. The highest BCUT2D eigenvalue weighted by atomic mass is 32.1. The van der Waals surface area contributed by atoms with Gasteiger partial charge >= 0.3 is 5.97 Å². The highest BCUT2D eigenvalue weighted by molar-refractivity contribution is 7.14. The van der Waals surface area contributed by atoms with Crippen LogP contribution in [-0.2, 0) is 22.4 Å². The Labute approximate surface area is 175 Å². The first kappa shape index (κ1) is 21.4. The van der Waals surface area contributed by atoms with Gasteiger partial charge in [-0.15, -0.1) is 11.3 Å². The summed E-state index contributed by atoms with van der Waals surface area (Å²) < 4.78 is 0. The van der Waals surface area contributed by atoms with Gasteiger partial charge in [0, 0.05) is 23.4 Å². The third-order valence-electron chi connectivity index (χ3n) is 4.79. The number of ketones is 1. The number of nitrogens with two attached hydrogens (primary N) is 1. The zero-order valence-electron chi connectivity index (χ0n) is 16.1. The summed E-state index contributed by atoms with van der Waals surface area (Å²) >= 11 is 1.36. The fraction of sp³-hybridized carbons (Fsp3) is 0.350. The molecule has 0 amide bonds. The molecule has 0 spiro atoms. The Balaban J connectivity index is 1.56. The minimum absolute atomic E-state index is 0.0629. The Kier molecular flexibility index (Phi) is 6.78. The van der Waals surface area contributed by atoms with Crippen LogP contribution in [0.4, 0.5) is 5.95 Å². The average molecular weight is 430 g/mol. The van der Waals surface area contributed by atoms with Gasteiger partial charge in [-0.25, -0.2) is 0 Å². The highest BCUT2D eigenvalue weighted by Gasteiger charge is 2.22. The molecule has 0 aliphatic carbocycles. The maximum absolute atomic E-state index is 12.4. The molecule has 5 N–H and O–H groups in total. The van der Waals surface area contributed by atoms with Crippen LogP contribution < -0.4 is 11.3 Å². The number of nitrogens with zero attached hydrogens (tertiary/aromatic N) is 1. The Morgan fingerprint density at radius 3 is 2.80 bits per heavy atom. The van der Waals surface area contributed by atoms with Crippen LogP contribution >= 0.6 is 11.3 Å². The Morgan fingerprint density at radius 1 is 1.27 bits per heavy atom. The van der Waals surface area contributed by atoms with E-state index in [2.05, 4.69) is 15.0 Å². The molecule has 3 aromatic rings. The largest absolute Gasteiger partial charge is 0.481 e. The lowest BCUT2D eigenvalue weighted by atomic mass is 9.97. The third-order valence-corrected chi connectivity index (χ3v) is 5.98. The number of carboxylic acid groups (broad SMARTS) is 1. The number of carboxylic acids is 1. The van der Waals surface area contributed by atoms with Gasteiger partial charge in [0.1, 0.15) is 11.9 Å². The molecule has 0 saturated heterocycles. The topological polar surface area (TPSA) is 159 Å². The molecule has 3 aromatic heterocycles. The molecule has 0 bridgehead atoms. The van der Waals surface area contributed by atoms with Crippen LogP contribution in [0.15, 0.2) is 23.0 Å². The molecule has 0 fully saturated rings. The van der Waals surface area contributed by atoms with Crippen LogP contribution in [0.3, 0.4) is 0 Å². The fourth-order valence-corrected chi connectivity index (χ4v) is 4.25. The molecule has 30 heavy (non-hydrogen) atoms. The van der Waals surface area contributed by atoms with E-state index in [1.165, 1.54) is 11.3 Å². The number of rotatable bonds is 11. The quantitative estimate of drug-likeness (QED) is 0.268. The second-order valence-electron chi connectivity index (χ2n) is 7.03. The number of hydrogen-bond donors (Lipinski definition) is 4. The van der Waals surface area contributed by atoms with E-state index in [-0.39, 0.29) is 36.6 Å². The summed E-state index contributed by atoms with van der Waals surface area (Å²) in [5.74, 6) is -2.06. The second-order valence-corrected chi connectivity index (χ2v) is 8.20. The van der Waals surface area contributed by atoms with E-state index in [1.54, 1.807) is 12.1 Å². The number of aldehydes is 1. The fourth-order valence-electron chi connectivity index (χ4n) is 3.25. The Bertz CT molecular complexity index is 1130. The van der Waals surface area contributed by atoms with E-state index in [0.29, 0.717) is 28.6 Å². The average Bonchev–Trinajstić information content (AvgIpc) is 3.32. The summed E-state index contributed by atoms with van der Waals surface area (Å²) in [6.45, 7) is 0. The molecule has 10 heteroatoms. The highest BCUT2D eigenvalue weighted by Crippen LogP contribution is 2.23. The molecular weight excluding hydrogens is 408 g/mol. The number of anilines is 1. The van der Waals surface area contributed by atoms with Gasteiger partial charge in [-0.3, -0.25) is 19.4 Å². The van der Waals surface area contributed by atoms with Crippen LogP contribution in [-0.4, -0.2) is 38.1 Å². The molecule has 158 valence electrons. The molecular formula is C20H22N4O5S. The van der Waals surface area contributed by atoms with E-state index >= 15 is 0 Å². The number of thiophene rings is 1. The molecule has 3 heterocycles. The normalized spacial score (nSPS) is 12.1. The number of hydrogen-bond acceptors (Lipinski definition) is 7. The van der Waals surface area contributed by atoms with Crippen molar-refractivity contribution in [3.05, 3.63) is 44.0 Å². The SMILES string of the molecule is Nc1nc2[nH]c(CCCc3ccc(C(=O)C[C@@H](CCC=O)C(=O)O)s3)cc2c(=O)[nH]1. The number of nitrogen functional groups attached to an aromatic ring is 1. The Morgan fingerprint density at radius 2 is 2.07 bits per heavy atom. The Hall–Kier alpha value is -3.27. The number of aryl methyl sites for hydroxylation is 2. The first-order chi connectivity index (χ1) is 14.4. The van der Waals surface area contributed by atoms with Crippen LogP contribution in [0, 0.1) is 5.92 Å². The summed E-state index contributed by atoms with van der Waals surface area (Å²) in [6.07, 6.45) is 3.08. The standard InChI is InChI=1S/C20H22N4O5S/c21-20-23-17-14(18(27)24-20)10-12(22-17)4-1-5-13-6-7-16(30-13)15(26)9-11(19(28)29)3-2-8-25/h6-8,10-11H,1-5,9H2,(H,28,29)(H4,21,22,23,24,27)/t11-/m1/s1. The molecule has 0 saturated carbocycles. The molecule has 1 atom stereocenters. The van der Waals surface area contributed by atoms with Crippen molar-refractivity contribution in [2.75, 3.05) is 5.73 Å². The lowest BCUT2D eigenvalue weighted by molar-refractivity contribution is -0.141. The smallest absolute Gasteiger partial charge is 0.306 e. The molecule has 0 aromatic carbocycles. The number of aromatic amines is 2. The van der Waals surface area contributed by atoms with E-state index in [9.17, 15) is 24.3 Å². The van der Waals surface area contributed by atoms with E-state index in [4.69, 9.17) is 5.73 Å². The lowest BCUT2D eigenvalue weighted by Crippen LogP contribution is -2.17. The first-order valence-electron chi connectivity index (χ1n) is 9.53. The van der Waals surface area contributed by atoms with Gasteiger partial charge in [0.25, 0.3) is 5.56 Å². The van der Waals surface area contributed by atoms with Crippen molar-refractivity contribution < 1.29 is 19.5 Å². The number of nitrogens with one attached hydrogen (secondary N) is 2. The zero-order valence-corrected chi connectivity index (χ0v) is 17.0. The molecule has 0 unspecified atom stereocenters. The van der Waals surface area contributed by atoms with Crippen LogP contribution in [0.5, 0.6) is 0 Å². The molecule has 0 radical (unpaired) electrons. The zero-order chi connectivity index (χ0) is 21.7. The summed E-state index contributed by atoms with van der Waals surface area (Å²) in [4.78, 5) is 57.2. The monoisotopic (exact) mass is 430 g/mol. The van der Waals surface area contributed by atoms with Crippen molar-refractivity contribution in [2.24, 2.45) is 5.92 Å². The maximum Gasteiger partial charge on any atom is 0.306 e. The lowest BCUT2D eigenvalue weighted by Gasteiger charge is -2.08. The molecule has 9 nitrogen and oxygen atoms in total.